The molecule has 1 aromatic carbocycles. The standard InChI is InChI=1S/C12H11Cl2N3O/c1-17(9-5-3-4-6-10(9)18-2)11-8(13)7-15-12(14)16-11/h3-7H,1-2H3. The van der Waals surface area contributed by atoms with Crippen molar-refractivity contribution in [2.45, 2.75) is 0 Å². The molecule has 1 aromatic heterocycles. The summed E-state index contributed by atoms with van der Waals surface area (Å²) < 4.78 is 5.30. The molecule has 2 aromatic rings. The average Bonchev–Trinajstić information content (AvgIpc) is 2.40. The van der Waals surface area contributed by atoms with Gasteiger partial charge >= 0.3 is 0 Å². The first-order valence-corrected chi connectivity index (χ1v) is 5.94. The van der Waals surface area contributed by atoms with Gasteiger partial charge in [-0.1, -0.05) is 23.7 Å². The number of rotatable bonds is 3. The predicted molar refractivity (Wildman–Crippen MR) is 73.1 cm³/mol. The number of aromatic nitrogens is 2. The normalized spacial score (nSPS) is 10.2. The van der Waals surface area contributed by atoms with Gasteiger partial charge in [0.25, 0.3) is 0 Å². The number of ether oxygens (including phenoxy) is 1. The minimum atomic E-state index is 0.149. The molecule has 0 aliphatic heterocycles. The van der Waals surface area contributed by atoms with Crippen LogP contribution in [0, 0.1) is 0 Å². The fourth-order valence-corrected chi connectivity index (χ4v) is 1.94. The predicted octanol–water partition coefficient (Wildman–Crippen LogP) is 3.56. The van der Waals surface area contributed by atoms with Crippen LogP contribution in [0.15, 0.2) is 30.5 Å². The van der Waals surface area contributed by atoms with Crippen LogP contribution in [0.3, 0.4) is 0 Å². The molecule has 0 spiro atoms. The van der Waals surface area contributed by atoms with Crippen molar-refractivity contribution in [3.05, 3.63) is 40.8 Å². The first-order valence-electron chi connectivity index (χ1n) is 5.18. The van der Waals surface area contributed by atoms with Gasteiger partial charge < -0.3 is 9.64 Å². The zero-order valence-corrected chi connectivity index (χ0v) is 11.4. The number of benzene rings is 1. The number of nitrogens with zero attached hydrogens (tertiary/aromatic N) is 3. The van der Waals surface area contributed by atoms with E-state index in [1.54, 1.807) is 12.0 Å². The van der Waals surface area contributed by atoms with Crippen molar-refractivity contribution in [2.75, 3.05) is 19.1 Å². The van der Waals surface area contributed by atoms with Crippen LogP contribution in [0.1, 0.15) is 0 Å². The second-order valence-corrected chi connectivity index (χ2v) is 4.29. The summed E-state index contributed by atoms with van der Waals surface area (Å²) >= 11 is 11.9. The second-order valence-electron chi connectivity index (χ2n) is 3.54. The Morgan fingerprint density at radius 1 is 1.22 bits per heavy atom. The van der Waals surface area contributed by atoms with Gasteiger partial charge in [-0.05, 0) is 23.7 Å². The van der Waals surface area contributed by atoms with Crippen molar-refractivity contribution < 1.29 is 4.74 Å². The van der Waals surface area contributed by atoms with E-state index in [9.17, 15) is 0 Å². The summed E-state index contributed by atoms with van der Waals surface area (Å²) in [6.07, 6.45) is 1.47. The lowest BCUT2D eigenvalue weighted by Crippen LogP contribution is -2.13. The number of halogens is 2. The van der Waals surface area contributed by atoms with E-state index in [-0.39, 0.29) is 5.28 Å². The van der Waals surface area contributed by atoms with Crippen LogP contribution in [0.2, 0.25) is 10.3 Å². The quantitative estimate of drug-likeness (QED) is 0.808. The molecule has 2 rings (SSSR count). The molecule has 0 fully saturated rings. The maximum Gasteiger partial charge on any atom is 0.224 e. The Morgan fingerprint density at radius 2 is 1.94 bits per heavy atom. The Labute approximate surface area is 115 Å². The number of hydrogen-bond donors (Lipinski definition) is 0. The van der Waals surface area contributed by atoms with Crippen molar-refractivity contribution in [3.8, 4) is 5.75 Å². The molecule has 94 valence electrons. The maximum atomic E-state index is 6.07. The molecular formula is C12H11Cl2N3O. The van der Waals surface area contributed by atoms with Gasteiger partial charge in [0, 0.05) is 7.05 Å². The molecule has 0 unspecified atom stereocenters. The van der Waals surface area contributed by atoms with Gasteiger partial charge in [-0.2, -0.15) is 4.98 Å². The van der Waals surface area contributed by atoms with Gasteiger partial charge in [0.2, 0.25) is 5.28 Å². The smallest absolute Gasteiger partial charge is 0.224 e. The van der Waals surface area contributed by atoms with Crippen LogP contribution < -0.4 is 9.64 Å². The highest BCUT2D eigenvalue weighted by atomic mass is 35.5. The van der Waals surface area contributed by atoms with E-state index in [1.807, 2.05) is 31.3 Å². The SMILES string of the molecule is COc1ccccc1N(C)c1nc(Cl)ncc1Cl. The fraction of sp³-hybridized carbons (Fsp3) is 0.167. The molecular weight excluding hydrogens is 273 g/mol. The average molecular weight is 284 g/mol. The molecule has 0 aliphatic rings. The Balaban J connectivity index is 2.47. The van der Waals surface area contributed by atoms with Crippen LogP contribution in [0.4, 0.5) is 11.5 Å². The van der Waals surface area contributed by atoms with E-state index in [0.29, 0.717) is 10.8 Å². The van der Waals surface area contributed by atoms with Crippen molar-refractivity contribution in [1.82, 2.24) is 9.97 Å². The highest BCUT2D eigenvalue weighted by Gasteiger charge is 2.14. The lowest BCUT2D eigenvalue weighted by molar-refractivity contribution is 0.415. The van der Waals surface area contributed by atoms with E-state index >= 15 is 0 Å². The highest BCUT2D eigenvalue weighted by Crippen LogP contribution is 2.34. The molecule has 1 heterocycles. The van der Waals surface area contributed by atoms with Gasteiger partial charge in [-0.25, -0.2) is 4.98 Å². The third kappa shape index (κ3) is 2.49. The fourth-order valence-electron chi connectivity index (χ4n) is 1.59. The van der Waals surface area contributed by atoms with Crippen LogP contribution >= 0.6 is 23.2 Å². The molecule has 0 amide bonds. The van der Waals surface area contributed by atoms with Crippen LogP contribution in [-0.4, -0.2) is 24.1 Å². The molecule has 18 heavy (non-hydrogen) atoms. The van der Waals surface area contributed by atoms with Crippen molar-refractivity contribution in [1.29, 1.82) is 0 Å². The monoisotopic (exact) mass is 283 g/mol. The van der Waals surface area contributed by atoms with Gasteiger partial charge in [0.15, 0.2) is 5.82 Å². The molecule has 0 radical (unpaired) electrons. The van der Waals surface area contributed by atoms with Gasteiger partial charge in [-0.3, -0.25) is 0 Å². The van der Waals surface area contributed by atoms with Crippen molar-refractivity contribution >= 4 is 34.7 Å². The summed E-state index contributed by atoms with van der Waals surface area (Å²) in [5.74, 6) is 1.26. The largest absolute Gasteiger partial charge is 0.495 e. The van der Waals surface area contributed by atoms with Crippen molar-refractivity contribution in [3.63, 3.8) is 0 Å². The Bertz CT molecular complexity index is 563. The van der Waals surface area contributed by atoms with E-state index in [0.717, 1.165) is 11.4 Å². The third-order valence-electron chi connectivity index (χ3n) is 2.46. The molecule has 0 saturated heterocycles. The minimum Gasteiger partial charge on any atom is -0.495 e. The second kappa shape index (κ2) is 5.42. The van der Waals surface area contributed by atoms with E-state index in [1.165, 1.54) is 6.20 Å². The molecule has 6 heteroatoms. The molecule has 0 atom stereocenters. The summed E-state index contributed by atoms with van der Waals surface area (Å²) in [4.78, 5) is 9.74. The molecule has 0 bridgehead atoms. The summed E-state index contributed by atoms with van der Waals surface area (Å²) in [7, 11) is 3.45. The number of methoxy groups -OCH3 is 1. The van der Waals surface area contributed by atoms with Crippen molar-refractivity contribution in [2.24, 2.45) is 0 Å². The number of hydrogen-bond acceptors (Lipinski definition) is 4. The molecule has 0 N–H and O–H groups in total. The topological polar surface area (TPSA) is 38.2 Å². The van der Waals surface area contributed by atoms with Crippen LogP contribution in [-0.2, 0) is 0 Å². The van der Waals surface area contributed by atoms with E-state index in [4.69, 9.17) is 27.9 Å². The van der Waals surface area contributed by atoms with Crippen LogP contribution in [0.25, 0.3) is 0 Å². The Hall–Kier alpha value is -1.52. The first-order chi connectivity index (χ1) is 8.63. The third-order valence-corrected chi connectivity index (χ3v) is 2.91. The summed E-state index contributed by atoms with van der Waals surface area (Å²) in [5.41, 5.74) is 0.844. The summed E-state index contributed by atoms with van der Waals surface area (Å²) in [6.45, 7) is 0. The lowest BCUT2D eigenvalue weighted by atomic mass is 10.2. The Kier molecular flexibility index (Phi) is 3.89. The number of anilines is 2. The van der Waals surface area contributed by atoms with E-state index < -0.39 is 0 Å². The molecule has 4 nitrogen and oxygen atoms in total. The molecule has 0 saturated carbocycles. The van der Waals surface area contributed by atoms with Gasteiger partial charge in [-0.15, -0.1) is 0 Å². The molecule has 0 aliphatic carbocycles. The van der Waals surface area contributed by atoms with Crippen LogP contribution in [0.5, 0.6) is 5.75 Å². The Morgan fingerprint density at radius 3 is 2.67 bits per heavy atom. The minimum absolute atomic E-state index is 0.149. The zero-order chi connectivity index (χ0) is 13.1. The summed E-state index contributed by atoms with van der Waals surface area (Å²) in [5, 5.41) is 0.573. The van der Waals surface area contributed by atoms with E-state index in [2.05, 4.69) is 9.97 Å². The van der Waals surface area contributed by atoms with Gasteiger partial charge in [0.05, 0.1) is 19.0 Å². The first kappa shape index (κ1) is 12.9. The van der Waals surface area contributed by atoms with Gasteiger partial charge in [0.1, 0.15) is 10.8 Å². The highest BCUT2D eigenvalue weighted by molar-refractivity contribution is 6.33. The maximum absolute atomic E-state index is 6.07. The summed E-state index contributed by atoms with van der Waals surface area (Å²) in [6, 6.07) is 7.57. The zero-order valence-electron chi connectivity index (χ0n) is 9.89. The lowest BCUT2D eigenvalue weighted by Gasteiger charge is -2.21. The number of para-hydroxylation sites is 2.